The van der Waals surface area contributed by atoms with Gasteiger partial charge in [0, 0.05) is 6.54 Å². The molecule has 1 unspecified atom stereocenters. The lowest BCUT2D eigenvalue weighted by Crippen LogP contribution is -2.34. The SMILES string of the molecule is CCOC(=O)NCC(Cl)C(=O)OC. The highest BCUT2D eigenvalue weighted by atomic mass is 35.5. The zero-order chi connectivity index (χ0) is 10.3. The molecule has 76 valence electrons. The molecule has 13 heavy (non-hydrogen) atoms. The van der Waals surface area contributed by atoms with Gasteiger partial charge in [-0.15, -0.1) is 11.6 Å². The molecule has 1 N–H and O–H groups in total. The Kier molecular flexibility index (Phi) is 6.05. The minimum Gasteiger partial charge on any atom is -0.468 e. The number of hydrogen-bond donors (Lipinski definition) is 1. The van der Waals surface area contributed by atoms with Crippen LogP contribution in [0.25, 0.3) is 0 Å². The third-order valence-electron chi connectivity index (χ3n) is 1.16. The molecule has 1 atom stereocenters. The van der Waals surface area contributed by atoms with Crippen LogP contribution in [0.5, 0.6) is 0 Å². The number of ether oxygens (including phenoxy) is 2. The first-order valence-corrected chi connectivity index (χ1v) is 4.18. The van der Waals surface area contributed by atoms with E-state index in [2.05, 4.69) is 14.8 Å². The lowest BCUT2D eigenvalue weighted by Gasteiger charge is -2.08. The first kappa shape index (κ1) is 12.0. The Morgan fingerprint density at radius 3 is 2.62 bits per heavy atom. The normalized spacial score (nSPS) is 11.6. The number of nitrogens with one attached hydrogen (secondary N) is 1. The number of esters is 1. The van der Waals surface area contributed by atoms with Gasteiger partial charge in [-0.2, -0.15) is 0 Å². The molecule has 0 aromatic rings. The van der Waals surface area contributed by atoms with Crippen molar-refractivity contribution in [1.29, 1.82) is 0 Å². The number of carbonyl (C=O) groups is 2. The maximum Gasteiger partial charge on any atom is 0.407 e. The first-order chi connectivity index (χ1) is 6.11. The summed E-state index contributed by atoms with van der Waals surface area (Å²) in [6, 6.07) is 0. The van der Waals surface area contributed by atoms with Crippen LogP contribution in [-0.2, 0) is 14.3 Å². The number of halogens is 1. The topological polar surface area (TPSA) is 64.6 Å². The van der Waals surface area contributed by atoms with Gasteiger partial charge in [-0.25, -0.2) is 4.79 Å². The molecular weight excluding hydrogens is 198 g/mol. The average molecular weight is 210 g/mol. The molecule has 0 bridgehead atoms. The first-order valence-electron chi connectivity index (χ1n) is 3.74. The van der Waals surface area contributed by atoms with Crippen LogP contribution in [0.3, 0.4) is 0 Å². The monoisotopic (exact) mass is 209 g/mol. The van der Waals surface area contributed by atoms with Gasteiger partial charge >= 0.3 is 12.1 Å². The summed E-state index contributed by atoms with van der Waals surface area (Å²) in [5.41, 5.74) is 0. The Hall–Kier alpha value is -0.970. The molecule has 0 aliphatic carbocycles. The van der Waals surface area contributed by atoms with Crippen molar-refractivity contribution in [3.05, 3.63) is 0 Å². The molecule has 0 saturated carbocycles. The summed E-state index contributed by atoms with van der Waals surface area (Å²) in [5, 5.41) is 1.42. The van der Waals surface area contributed by atoms with Crippen molar-refractivity contribution in [2.45, 2.75) is 12.3 Å². The van der Waals surface area contributed by atoms with Gasteiger partial charge < -0.3 is 14.8 Å². The van der Waals surface area contributed by atoms with Gasteiger partial charge in [-0.05, 0) is 6.92 Å². The third kappa shape index (κ3) is 5.30. The summed E-state index contributed by atoms with van der Waals surface area (Å²) >= 11 is 5.53. The van der Waals surface area contributed by atoms with E-state index in [4.69, 9.17) is 11.6 Å². The van der Waals surface area contributed by atoms with Crippen molar-refractivity contribution < 1.29 is 19.1 Å². The molecule has 5 nitrogen and oxygen atoms in total. The third-order valence-corrected chi connectivity index (χ3v) is 1.49. The Labute approximate surface area is 81.3 Å². The number of alkyl carbamates (subject to hydrolysis) is 1. The van der Waals surface area contributed by atoms with E-state index in [9.17, 15) is 9.59 Å². The van der Waals surface area contributed by atoms with Crippen LogP contribution >= 0.6 is 11.6 Å². The number of methoxy groups -OCH3 is 1. The Balaban J connectivity index is 3.63. The van der Waals surface area contributed by atoms with Gasteiger partial charge in [0.2, 0.25) is 0 Å². The van der Waals surface area contributed by atoms with E-state index >= 15 is 0 Å². The van der Waals surface area contributed by atoms with E-state index in [0.717, 1.165) is 0 Å². The number of hydrogen-bond acceptors (Lipinski definition) is 4. The van der Waals surface area contributed by atoms with Crippen molar-refractivity contribution >= 4 is 23.7 Å². The van der Waals surface area contributed by atoms with Crippen LogP contribution in [0, 0.1) is 0 Å². The van der Waals surface area contributed by atoms with E-state index < -0.39 is 17.4 Å². The highest BCUT2D eigenvalue weighted by molar-refractivity contribution is 6.30. The predicted octanol–water partition coefficient (Wildman–Crippen LogP) is 0.513. The number of rotatable bonds is 4. The van der Waals surface area contributed by atoms with E-state index in [1.807, 2.05) is 0 Å². The molecule has 0 aliphatic heterocycles. The molecule has 0 aromatic carbocycles. The lowest BCUT2D eigenvalue weighted by atomic mass is 10.4. The zero-order valence-electron chi connectivity index (χ0n) is 7.50. The highest BCUT2D eigenvalue weighted by Gasteiger charge is 2.16. The van der Waals surface area contributed by atoms with Gasteiger partial charge in [-0.3, -0.25) is 4.79 Å². The Morgan fingerprint density at radius 1 is 1.54 bits per heavy atom. The molecule has 0 fully saturated rings. The molecule has 0 aromatic heterocycles. The number of alkyl halides is 1. The van der Waals surface area contributed by atoms with Gasteiger partial charge in [0.05, 0.1) is 13.7 Å². The maximum atomic E-state index is 10.7. The standard InChI is InChI=1S/C7H12ClNO4/c1-3-13-7(11)9-4-5(8)6(10)12-2/h5H,3-4H2,1-2H3,(H,9,11). The summed E-state index contributed by atoms with van der Waals surface area (Å²) in [6.45, 7) is 1.95. The van der Waals surface area contributed by atoms with Gasteiger partial charge in [0.1, 0.15) is 5.38 Å². The number of carbonyl (C=O) groups excluding carboxylic acids is 2. The second-order valence-corrected chi connectivity index (χ2v) is 2.62. The van der Waals surface area contributed by atoms with Crippen molar-refractivity contribution in [3.63, 3.8) is 0 Å². The van der Waals surface area contributed by atoms with Gasteiger partial charge in [0.15, 0.2) is 0 Å². The van der Waals surface area contributed by atoms with Crippen molar-refractivity contribution in [2.75, 3.05) is 20.3 Å². The van der Waals surface area contributed by atoms with E-state index in [-0.39, 0.29) is 13.2 Å². The fourth-order valence-electron chi connectivity index (χ4n) is 0.566. The molecule has 0 aliphatic rings. The van der Waals surface area contributed by atoms with Crippen molar-refractivity contribution in [2.24, 2.45) is 0 Å². The Bertz CT molecular complexity index is 185. The maximum absolute atomic E-state index is 10.7. The zero-order valence-corrected chi connectivity index (χ0v) is 8.26. The smallest absolute Gasteiger partial charge is 0.407 e. The minimum absolute atomic E-state index is 0.00688. The summed E-state index contributed by atoms with van der Waals surface area (Å²) < 4.78 is 8.89. The molecule has 0 rings (SSSR count). The van der Waals surface area contributed by atoms with E-state index in [1.54, 1.807) is 6.92 Å². The molecule has 0 spiro atoms. The molecule has 1 amide bonds. The van der Waals surface area contributed by atoms with Crippen molar-refractivity contribution in [3.8, 4) is 0 Å². The fraction of sp³-hybridized carbons (Fsp3) is 0.714. The van der Waals surface area contributed by atoms with Crippen LogP contribution in [0.1, 0.15) is 6.92 Å². The highest BCUT2D eigenvalue weighted by Crippen LogP contribution is 1.96. The second kappa shape index (κ2) is 6.54. The minimum atomic E-state index is -0.880. The van der Waals surface area contributed by atoms with E-state index in [0.29, 0.717) is 0 Å². The summed E-state index contributed by atoms with van der Waals surface area (Å²) in [4.78, 5) is 21.5. The second-order valence-electron chi connectivity index (χ2n) is 2.09. The summed E-state index contributed by atoms with van der Waals surface area (Å²) in [5.74, 6) is -0.585. The fourth-order valence-corrected chi connectivity index (χ4v) is 0.733. The predicted molar refractivity (Wildman–Crippen MR) is 46.7 cm³/mol. The average Bonchev–Trinajstić information content (AvgIpc) is 2.13. The molecule has 6 heteroatoms. The summed E-state index contributed by atoms with van der Waals surface area (Å²) in [6.07, 6.45) is -0.600. The number of amides is 1. The molecule has 0 heterocycles. The van der Waals surface area contributed by atoms with E-state index in [1.165, 1.54) is 7.11 Å². The van der Waals surface area contributed by atoms with Crippen LogP contribution in [0.15, 0.2) is 0 Å². The van der Waals surface area contributed by atoms with Crippen LogP contribution in [0.4, 0.5) is 4.79 Å². The summed E-state index contributed by atoms with van der Waals surface area (Å²) in [7, 11) is 1.22. The van der Waals surface area contributed by atoms with Crippen LogP contribution < -0.4 is 5.32 Å². The lowest BCUT2D eigenvalue weighted by molar-refractivity contribution is -0.140. The molecule has 0 saturated heterocycles. The van der Waals surface area contributed by atoms with Gasteiger partial charge in [0.25, 0.3) is 0 Å². The van der Waals surface area contributed by atoms with Crippen molar-refractivity contribution in [1.82, 2.24) is 5.32 Å². The molecular formula is C7H12ClNO4. The molecule has 0 radical (unpaired) electrons. The Morgan fingerprint density at radius 2 is 2.15 bits per heavy atom. The quantitative estimate of drug-likeness (QED) is 0.541. The van der Waals surface area contributed by atoms with Gasteiger partial charge in [-0.1, -0.05) is 0 Å². The largest absolute Gasteiger partial charge is 0.468 e. The van der Waals surface area contributed by atoms with Crippen LogP contribution in [-0.4, -0.2) is 37.7 Å². The van der Waals surface area contributed by atoms with Crippen LogP contribution in [0.2, 0.25) is 0 Å².